The molecule has 5 nitrogen and oxygen atoms in total. The van der Waals surface area contributed by atoms with E-state index in [4.69, 9.17) is 4.74 Å². The SMILES string of the molecule is O=C(NCC1COCc2nc3cc(F)ccc3n21)C1CC1. The van der Waals surface area contributed by atoms with E-state index < -0.39 is 0 Å². The summed E-state index contributed by atoms with van der Waals surface area (Å²) >= 11 is 0. The Kier molecular flexibility index (Phi) is 2.92. The number of hydrogen-bond donors (Lipinski definition) is 1. The Morgan fingerprint density at radius 3 is 3.14 bits per heavy atom. The van der Waals surface area contributed by atoms with E-state index in [1.54, 1.807) is 6.07 Å². The Balaban J connectivity index is 1.63. The minimum absolute atomic E-state index is 0.00640. The normalized spacial score (nSPS) is 21.3. The molecule has 1 aromatic carbocycles. The zero-order chi connectivity index (χ0) is 14.4. The molecule has 1 fully saturated rings. The van der Waals surface area contributed by atoms with Gasteiger partial charge < -0.3 is 14.6 Å². The average Bonchev–Trinajstić information content (AvgIpc) is 3.25. The summed E-state index contributed by atoms with van der Waals surface area (Å²) < 4.78 is 20.9. The molecule has 110 valence electrons. The summed E-state index contributed by atoms with van der Waals surface area (Å²) in [6.07, 6.45) is 1.98. The third-order valence-corrected chi connectivity index (χ3v) is 4.09. The van der Waals surface area contributed by atoms with E-state index in [-0.39, 0.29) is 23.7 Å². The number of ether oxygens (including phenoxy) is 1. The molecule has 1 saturated carbocycles. The van der Waals surface area contributed by atoms with Gasteiger partial charge in [-0.3, -0.25) is 4.79 Å². The van der Waals surface area contributed by atoms with Crippen molar-refractivity contribution in [2.75, 3.05) is 13.2 Å². The summed E-state index contributed by atoms with van der Waals surface area (Å²) in [6.45, 7) is 1.47. The Morgan fingerprint density at radius 1 is 1.48 bits per heavy atom. The molecule has 21 heavy (non-hydrogen) atoms. The lowest BCUT2D eigenvalue weighted by atomic mass is 10.2. The van der Waals surface area contributed by atoms with Crippen molar-refractivity contribution in [1.29, 1.82) is 0 Å². The highest BCUT2D eigenvalue weighted by Crippen LogP contribution is 2.29. The molecule has 6 heteroatoms. The Morgan fingerprint density at radius 2 is 2.33 bits per heavy atom. The molecule has 2 aromatic rings. The van der Waals surface area contributed by atoms with Crippen molar-refractivity contribution in [1.82, 2.24) is 14.9 Å². The van der Waals surface area contributed by atoms with E-state index in [1.807, 2.05) is 0 Å². The maximum absolute atomic E-state index is 13.3. The Hall–Kier alpha value is -1.95. The molecule has 1 amide bonds. The first-order chi connectivity index (χ1) is 10.2. The van der Waals surface area contributed by atoms with E-state index >= 15 is 0 Å². The number of amides is 1. The Labute approximate surface area is 121 Å². The summed E-state index contributed by atoms with van der Waals surface area (Å²) in [4.78, 5) is 16.2. The van der Waals surface area contributed by atoms with Crippen LogP contribution >= 0.6 is 0 Å². The second-order valence-electron chi connectivity index (χ2n) is 5.72. The molecule has 1 N–H and O–H groups in total. The van der Waals surface area contributed by atoms with Gasteiger partial charge in [0.25, 0.3) is 0 Å². The largest absolute Gasteiger partial charge is 0.371 e. The van der Waals surface area contributed by atoms with Gasteiger partial charge in [0, 0.05) is 18.5 Å². The Bertz CT molecular complexity index is 708. The van der Waals surface area contributed by atoms with Gasteiger partial charge in [-0.15, -0.1) is 0 Å². The number of hydrogen-bond acceptors (Lipinski definition) is 3. The van der Waals surface area contributed by atoms with E-state index in [9.17, 15) is 9.18 Å². The number of nitrogens with one attached hydrogen (secondary N) is 1. The van der Waals surface area contributed by atoms with Crippen LogP contribution in [0.2, 0.25) is 0 Å². The summed E-state index contributed by atoms with van der Waals surface area (Å²) in [5.74, 6) is 0.810. The van der Waals surface area contributed by atoms with Gasteiger partial charge in [-0.25, -0.2) is 9.37 Å². The average molecular weight is 289 g/mol. The number of halogens is 1. The van der Waals surface area contributed by atoms with Gasteiger partial charge in [0.1, 0.15) is 18.2 Å². The van der Waals surface area contributed by atoms with Crippen LogP contribution < -0.4 is 5.32 Å². The van der Waals surface area contributed by atoms with Gasteiger partial charge in [0.2, 0.25) is 5.91 Å². The summed E-state index contributed by atoms with van der Waals surface area (Å²) in [6, 6.07) is 4.61. The first kappa shape index (κ1) is 12.8. The number of carbonyl (C=O) groups excluding carboxylic acids is 1. The second-order valence-corrected chi connectivity index (χ2v) is 5.72. The van der Waals surface area contributed by atoms with Crippen LogP contribution in [0.25, 0.3) is 11.0 Å². The minimum Gasteiger partial charge on any atom is -0.371 e. The molecule has 2 aliphatic rings. The first-order valence-electron chi connectivity index (χ1n) is 7.24. The molecule has 0 bridgehead atoms. The maximum Gasteiger partial charge on any atom is 0.223 e. The fourth-order valence-electron chi connectivity index (χ4n) is 2.85. The number of fused-ring (bicyclic) bond motifs is 3. The highest BCUT2D eigenvalue weighted by Gasteiger charge is 2.31. The minimum atomic E-state index is -0.294. The van der Waals surface area contributed by atoms with Crippen LogP contribution in [0.3, 0.4) is 0 Å². The number of imidazole rings is 1. The van der Waals surface area contributed by atoms with Crippen molar-refractivity contribution in [2.24, 2.45) is 5.92 Å². The predicted molar refractivity (Wildman–Crippen MR) is 74.1 cm³/mol. The smallest absolute Gasteiger partial charge is 0.223 e. The van der Waals surface area contributed by atoms with Gasteiger partial charge in [0.15, 0.2) is 0 Å². The van der Waals surface area contributed by atoms with E-state index in [0.29, 0.717) is 25.3 Å². The molecule has 1 atom stereocenters. The molecule has 0 saturated heterocycles. The molecular formula is C15H16FN3O2. The van der Waals surface area contributed by atoms with Crippen LogP contribution in [-0.4, -0.2) is 28.6 Å². The fraction of sp³-hybridized carbons (Fsp3) is 0.467. The molecule has 4 rings (SSSR count). The molecule has 1 unspecified atom stereocenters. The van der Waals surface area contributed by atoms with Crippen LogP contribution in [-0.2, 0) is 16.1 Å². The van der Waals surface area contributed by atoms with Gasteiger partial charge in [-0.1, -0.05) is 0 Å². The molecule has 1 aliphatic heterocycles. The lowest BCUT2D eigenvalue weighted by Gasteiger charge is -2.26. The topological polar surface area (TPSA) is 56.1 Å². The highest BCUT2D eigenvalue weighted by atomic mass is 19.1. The predicted octanol–water partition coefficient (Wildman–Crippen LogP) is 1.77. The van der Waals surface area contributed by atoms with Crippen molar-refractivity contribution in [3.05, 3.63) is 29.8 Å². The van der Waals surface area contributed by atoms with Gasteiger partial charge >= 0.3 is 0 Å². The highest BCUT2D eigenvalue weighted by molar-refractivity contribution is 5.81. The number of benzene rings is 1. The number of carbonyl (C=O) groups is 1. The standard InChI is InChI=1S/C15H16FN3O2/c16-10-3-4-13-12(5-10)18-14-8-21-7-11(19(13)14)6-17-15(20)9-1-2-9/h3-5,9,11H,1-2,6-8H2,(H,17,20). The molecule has 2 heterocycles. The van der Waals surface area contributed by atoms with Crippen molar-refractivity contribution in [3.8, 4) is 0 Å². The monoisotopic (exact) mass is 289 g/mol. The zero-order valence-electron chi connectivity index (χ0n) is 11.5. The zero-order valence-corrected chi connectivity index (χ0v) is 11.5. The van der Waals surface area contributed by atoms with Gasteiger partial charge in [-0.05, 0) is 25.0 Å². The lowest BCUT2D eigenvalue weighted by molar-refractivity contribution is -0.122. The van der Waals surface area contributed by atoms with Crippen LogP contribution in [0.15, 0.2) is 18.2 Å². The van der Waals surface area contributed by atoms with E-state index in [0.717, 1.165) is 24.2 Å². The first-order valence-corrected chi connectivity index (χ1v) is 7.24. The van der Waals surface area contributed by atoms with E-state index in [2.05, 4.69) is 14.9 Å². The quantitative estimate of drug-likeness (QED) is 0.937. The second kappa shape index (κ2) is 4.80. The maximum atomic E-state index is 13.3. The summed E-state index contributed by atoms with van der Waals surface area (Å²) in [7, 11) is 0. The fourth-order valence-corrected chi connectivity index (χ4v) is 2.85. The number of nitrogens with zero attached hydrogens (tertiary/aromatic N) is 2. The molecule has 0 spiro atoms. The van der Waals surface area contributed by atoms with Crippen LogP contribution in [0.5, 0.6) is 0 Å². The lowest BCUT2D eigenvalue weighted by Crippen LogP contribution is -2.36. The van der Waals surface area contributed by atoms with Crippen LogP contribution in [0, 0.1) is 11.7 Å². The molecule has 1 aromatic heterocycles. The number of rotatable bonds is 3. The van der Waals surface area contributed by atoms with Gasteiger partial charge in [-0.2, -0.15) is 0 Å². The molecule has 1 aliphatic carbocycles. The summed E-state index contributed by atoms with van der Waals surface area (Å²) in [5.41, 5.74) is 1.52. The molecule has 0 radical (unpaired) electrons. The molecular weight excluding hydrogens is 273 g/mol. The third-order valence-electron chi connectivity index (χ3n) is 4.09. The summed E-state index contributed by atoms with van der Waals surface area (Å²) in [5, 5.41) is 2.98. The van der Waals surface area contributed by atoms with Crippen molar-refractivity contribution in [2.45, 2.75) is 25.5 Å². The van der Waals surface area contributed by atoms with Crippen LogP contribution in [0.4, 0.5) is 4.39 Å². The van der Waals surface area contributed by atoms with Gasteiger partial charge in [0.05, 0.1) is 23.7 Å². The van der Waals surface area contributed by atoms with Crippen molar-refractivity contribution >= 4 is 16.9 Å². The van der Waals surface area contributed by atoms with Crippen molar-refractivity contribution in [3.63, 3.8) is 0 Å². The number of aromatic nitrogens is 2. The third kappa shape index (κ3) is 2.29. The van der Waals surface area contributed by atoms with Crippen molar-refractivity contribution < 1.29 is 13.9 Å². The van der Waals surface area contributed by atoms with Crippen LogP contribution in [0.1, 0.15) is 24.7 Å². The van der Waals surface area contributed by atoms with E-state index in [1.165, 1.54) is 12.1 Å².